The smallest absolute Gasteiger partial charge is 0.254 e. The first kappa shape index (κ1) is 21.3. The Morgan fingerprint density at radius 2 is 1.89 bits per heavy atom. The lowest BCUT2D eigenvalue weighted by Crippen LogP contribution is -2.39. The molecule has 152 valence electrons. The van der Waals surface area contributed by atoms with Gasteiger partial charge in [-0.2, -0.15) is 0 Å². The summed E-state index contributed by atoms with van der Waals surface area (Å²) in [4.78, 5) is 14.8. The Hall–Kier alpha value is -2.00. The fourth-order valence-corrected chi connectivity index (χ4v) is 3.87. The van der Waals surface area contributed by atoms with Crippen LogP contribution in [0.15, 0.2) is 12.1 Å². The van der Waals surface area contributed by atoms with E-state index in [9.17, 15) is 13.2 Å². The van der Waals surface area contributed by atoms with Gasteiger partial charge in [-0.25, -0.2) is 8.42 Å². The quantitative estimate of drug-likeness (QED) is 0.688. The number of carbonyl (C=O) groups excluding carboxylic acids is 1. The zero-order chi connectivity index (χ0) is 20.0. The van der Waals surface area contributed by atoms with Gasteiger partial charge < -0.3 is 19.7 Å². The number of hydrogen-bond donors (Lipinski definition) is 2. The lowest BCUT2D eigenvalue weighted by atomic mass is 9.93. The Balaban J connectivity index is 2.22. The van der Waals surface area contributed by atoms with Crippen molar-refractivity contribution in [3.63, 3.8) is 0 Å². The standard InChI is InChI=1S/C18H29N3O5S/c1-19-8-5-13-6-9-21(10-7-13)18(22)14-11-15(20-27(4,23)24)17(26-3)16(12-14)25-2/h11-13,19-20H,5-10H2,1-4H3. The maximum absolute atomic E-state index is 12.9. The molecule has 1 amide bonds. The molecule has 0 bridgehead atoms. The second kappa shape index (κ2) is 9.27. The highest BCUT2D eigenvalue weighted by Crippen LogP contribution is 2.37. The summed E-state index contributed by atoms with van der Waals surface area (Å²) in [5.41, 5.74) is 0.555. The molecule has 0 radical (unpaired) electrons. The first-order valence-electron chi connectivity index (χ1n) is 8.96. The van der Waals surface area contributed by atoms with Crippen LogP contribution in [0.4, 0.5) is 5.69 Å². The molecule has 0 unspecified atom stereocenters. The molecule has 0 aliphatic carbocycles. The van der Waals surface area contributed by atoms with Crippen LogP contribution >= 0.6 is 0 Å². The van der Waals surface area contributed by atoms with Crippen LogP contribution in [0, 0.1) is 5.92 Å². The number of hydrogen-bond acceptors (Lipinski definition) is 6. The molecule has 2 N–H and O–H groups in total. The van der Waals surface area contributed by atoms with Crippen LogP contribution in [0.25, 0.3) is 0 Å². The largest absolute Gasteiger partial charge is 0.493 e. The predicted octanol–water partition coefficient (Wildman–Crippen LogP) is 1.54. The van der Waals surface area contributed by atoms with Crippen LogP contribution in [0.1, 0.15) is 29.6 Å². The number of piperidine rings is 1. The summed E-state index contributed by atoms with van der Waals surface area (Å²) in [6.07, 6.45) is 4.09. The van der Waals surface area contributed by atoms with Gasteiger partial charge in [0.1, 0.15) is 0 Å². The van der Waals surface area contributed by atoms with Crippen molar-refractivity contribution in [1.29, 1.82) is 0 Å². The van der Waals surface area contributed by atoms with Crippen molar-refractivity contribution in [3.8, 4) is 11.5 Å². The second-order valence-corrected chi connectivity index (χ2v) is 8.51. The van der Waals surface area contributed by atoms with E-state index >= 15 is 0 Å². The van der Waals surface area contributed by atoms with Crippen molar-refractivity contribution in [2.24, 2.45) is 5.92 Å². The zero-order valence-electron chi connectivity index (χ0n) is 16.4. The molecule has 1 aromatic rings. The highest BCUT2D eigenvalue weighted by Gasteiger charge is 2.25. The van der Waals surface area contributed by atoms with Gasteiger partial charge in [-0.1, -0.05) is 0 Å². The average molecular weight is 400 g/mol. The third kappa shape index (κ3) is 5.74. The summed E-state index contributed by atoms with van der Waals surface area (Å²) in [5, 5.41) is 3.16. The van der Waals surface area contributed by atoms with E-state index < -0.39 is 10.0 Å². The molecule has 0 atom stereocenters. The number of sulfonamides is 1. The lowest BCUT2D eigenvalue weighted by molar-refractivity contribution is 0.0686. The average Bonchev–Trinajstić information content (AvgIpc) is 2.64. The number of benzene rings is 1. The Bertz CT molecular complexity index is 759. The van der Waals surface area contributed by atoms with Gasteiger partial charge in [0.05, 0.1) is 26.2 Å². The van der Waals surface area contributed by atoms with Crippen molar-refractivity contribution in [1.82, 2.24) is 10.2 Å². The van der Waals surface area contributed by atoms with Gasteiger partial charge in [0, 0.05) is 18.7 Å². The molecule has 9 heteroatoms. The monoisotopic (exact) mass is 399 g/mol. The molecule has 1 saturated heterocycles. The fourth-order valence-electron chi connectivity index (χ4n) is 3.32. The van der Waals surface area contributed by atoms with Gasteiger partial charge in [-0.3, -0.25) is 9.52 Å². The molecule has 8 nitrogen and oxygen atoms in total. The predicted molar refractivity (Wildman–Crippen MR) is 105 cm³/mol. The van der Waals surface area contributed by atoms with Crippen molar-refractivity contribution < 1.29 is 22.7 Å². The molecule has 27 heavy (non-hydrogen) atoms. The SMILES string of the molecule is CNCCC1CCN(C(=O)c2cc(NS(C)(=O)=O)c(OC)c(OC)c2)CC1. The van der Waals surface area contributed by atoms with E-state index in [2.05, 4.69) is 10.0 Å². The van der Waals surface area contributed by atoms with E-state index in [1.54, 1.807) is 11.0 Å². The van der Waals surface area contributed by atoms with Gasteiger partial charge in [-0.05, 0) is 50.9 Å². The van der Waals surface area contributed by atoms with Gasteiger partial charge in [0.2, 0.25) is 10.0 Å². The lowest BCUT2D eigenvalue weighted by Gasteiger charge is -2.32. The molecular formula is C18H29N3O5S. The number of nitrogens with one attached hydrogen (secondary N) is 2. The summed E-state index contributed by atoms with van der Waals surface area (Å²) in [6, 6.07) is 3.08. The van der Waals surface area contributed by atoms with Crippen LogP contribution in [-0.2, 0) is 10.0 Å². The summed E-state index contributed by atoms with van der Waals surface area (Å²) < 4.78 is 36.3. The normalized spacial score (nSPS) is 15.5. The number of nitrogens with zero attached hydrogens (tertiary/aromatic N) is 1. The van der Waals surface area contributed by atoms with Crippen LogP contribution in [-0.4, -0.2) is 66.4 Å². The van der Waals surface area contributed by atoms with E-state index in [4.69, 9.17) is 9.47 Å². The number of carbonyl (C=O) groups is 1. The minimum Gasteiger partial charge on any atom is -0.493 e. The zero-order valence-corrected chi connectivity index (χ0v) is 17.2. The third-order valence-electron chi connectivity index (χ3n) is 4.73. The number of anilines is 1. The van der Waals surface area contributed by atoms with Crippen molar-refractivity contribution in [2.75, 3.05) is 51.9 Å². The Morgan fingerprint density at radius 1 is 1.22 bits per heavy atom. The topological polar surface area (TPSA) is 97.0 Å². The highest BCUT2D eigenvalue weighted by molar-refractivity contribution is 7.92. The fraction of sp³-hybridized carbons (Fsp3) is 0.611. The van der Waals surface area contributed by atoms with Gasteiger partial charge >= 0.3 is 0 Å². The van der Waals surface area contributed by atoms with Gasteiger partial charge in [-0.15, -0.1) is 0 Å². The van der Waals surface area contributed by atoms with Crippen LogP contribution in [0.5, 0.6) is 11.5 Å². The van der Waals surface area contributed by atoms with Crippen molar-refractivity contribution in [3.05, 3.63) is 17.7 Å². The maximum atomic E-state index is 12.9. The molecule has 0 saturated carbocycles. The van der Waals surface area contributed by atoms with Crippen molar-refractivity contribution in [2.45, 2.75) is 19.3 Å². The van der Waals surface area contributed by atoms with E-state index in [0.29, 0.717) is 30.3 Å². The summed E-state index contributed by atoms with van der Waals surface area (Å²) in [7, 11) is 1.28. The molecule has 1 aliphatic heterocycles. The minimum atomic E-state index is -3.53. The van der Waals surface area contributed by atoms with E-state index in [0.717, 1.165) is 32.1 Å². The molecule has 0 spiro atoms. The third-order valence-corrected chi connectivity index (χ3v) is 5.32. The molecule has 1 heterocycles. The molecule has 1 fully saturated rings. The Kier molecular flexibility index (Phi) is 7.32. The number of rotatable bonds is 8. The molecule has 0 aromatic heterocycles. The minimum absolute atomic E-state index is 0.139. The van der Waals surface area contributed by atoms with Crippen LogP contribution < -0.4 is 19.5 Å². The Morgan fingerprint density at radius 3 is 2.41 bits per heavy atom. The number of ether oxygens (including phenoxy) is 2. The van der Waals surface area contributed by atoms with Crippen molar-refractivity contribution >= 4 is 21.6 Å². The molecule has 1 aliphatic rings. The van der Waals surface area contributed by atoms with Crippen LogP contribution in [0.2, 0.25) is 0 Å². The summed E-state index contributed by atoms with van der Waals surface area (Å²) in [6.45, 7) is 2.36. The first-order chi connectivity index (χ1) is 12.8. The number of amides is 1. The Labute approximate surface area is 161 Å². The maximum Gasteiger partial charge on any atom is 0.254 e. The first-order valence-corrected chi connectivity index (χ1v) is 10.9. The molecular weight excluding hydrogens is 370 g/mol. The van der Waals surface area contributed by atoms with Gasteiger partial charge in [0.15, 0.2) is 11.5 Å². The summed E-state index contributed by atoms with van der Waals surface area (Å²) >= 11 is 0. The number of methoxy groups -OCH3 is 2. The van der Waals surface area contributed by atoms with E-state index in [-0.39, 0.29) is 17.3 Å². The molecule has 1 aromatic carbocycles. The highest BCUT2D eigenvalue weighted by atomic mass is 32.2. The van der Waals surface area contributed by atoms with E-state index in [1.807, 2.05) is 7.05 Å². The van der Waals surface area contributed by atoms with Gasteiger partial charge in [0.25, 0.3) is 5.91 Å². The molecule has 2 rings (SSSR count). The number of likely N-dealkylation sites (tertiary alicyclic amines) is 1. The second-order valence-electron chi connectivity index (χ2n) is 6.76. The van der Waals surface area contributed by atoms with Crippen LogP contribution in [0.3, 0.4) is 0 Å². The summed E-state index contributed by atoms with van der Waals surface area (Å²) in [5.74, 6) is 1.03. The van der Waals surface area contributed by atoms with E-state index in [1.165, 1.54) is 20.3 Å².